The molecule has 0 radical (unpaired) electrons. The monoisotopic (exact) mass is 314 g/mol. The molecule has 2 heterocycles. The Morgan fingerprint density at radius 2 is 1.96 bits per heavy atom. The molecule has 118 valence electrons. The van der Waals surface area contributed by atoms with Gasteiger partial charge in [-0.25, -0.2) is 0 Å². The molecule has 0 saturated heterocycles. The second kappa shape index (κ2) is 6.24. The van der Waals surface area contributed by atoms with Crippen LogP contribution in [-0.2, 0) is 13.0 Å². The van der Waals surface area contributed by atoms with Gasteiger partial charge in [0.25, 0.3) is 0 Å². The number of aromatic nitrogens is 4. The van der Waals surface area contributed by atoms with Gasteiger partial charge in [-0.2, -0.15) is 0 Å². The van der Waals surface area contributed by atoms with Gasteiger partial charge >= 0.3 is 0 Å². The number of hydrogen-bond donors (Lipinski definition) is 0. The third-order valence-electron chi connectivity index (χ3n) is 4.19. The van der Waals surface area contributed by atoms with Crippen LogP contribution in [0, 0.1) is 6.92 Å². The zero-order chi connectivity index (χ0) is 16.4. The highest BCUT2D eigenvalue weighted by Crippen LogP contribution is 2.22. The molecule has 0 aliphatic rings. The Labute approximate surface area is 140 Å². The first-order valence-corrected chi connectivity index (χ1v) is 8.08. The van der Waals surface area contributed by atoms with E-state index in [1.54, 1.807) is 0 Å². The lowest BCUT2D eigenvalue weighted by Crippen LogP contribution is -2.02. The van der Waals surface area contributed by atoms with E-state index >= 15 is 0 Å². The van der Waals surface area contributed by atoms with Crippen molar-refractivity contribution in [3.63, 3.8) is 0 Å². The molecule has 0 spiro atoms. The van der Waals surface area contributed by atoms with E-state index in [9.17, 15) is 0 Å². The predicted octanol–water partition coefficient (Wildman–Crippen LogP) is 4.04. The smallest absolute Gasteiger partial charge is 0.113 e. The predicted molar refractivity (Wildman–Crippen MR) is 95.6 cm³/mol. The summed E-state index contributed by atoms with van der Waals surface area (Å²) in [7, 11) is 0. The van der Waals surface area contributed by atoms with E-state index in [0.717, 1.165) is 35.0 Å². The first-order valence-electron chi connectivity index (χ1n) is 8.08. The zero-order valence-corrected chi connectivity index (χ0v) is 13.6. The minimum atomic E-state index is 0.827. The van der Waals surface area contributed by atoms with Crippen LogP contribution in [0.15, 0.2) is 67.1 Å². The molecule has 4 heteroatoms. The van der Waals surface area contributed by atoms with E-state index in [4.69, 9.17) is 0 Å². The van der Waals surface area contributed by atoms with Gasteiger partial charge in [-0.1, -0.05) is 47.2 Å². The van der Waals surface area contributed by atoms with E-state index in [-0.39, 0.29) is 0 Å². The van der Waals surface area contributed by atoms with Crippen LogP contribution in [0.25, 0.3) is 22.0 Å². The molecule has 4 nitrogen and oxygen atoms in total. The van der Waals surface area contributed by atoms with E-state index in [2.05, 4.69) is 64.7 Å². The molecular weight excluding hydrogens is 296 g/mol. The largest absolute Gasteiger partial charge is 0.264 e. The summed E-state index contributed by atoms with van der Waals surface area (Å²) in [6.45, 7) is 2.94. The fourth-order valence-corrected chi connectivity index (χ4v) is 2.89. The third kappa shape index (κ3) is 3.04. The summed E-state index contributed by atoms with van der Waals surface area (Å²) in [5.74, 6) is 0. The second-order valence-corrected chi connectivity index (χ2v) is 6.04. The summed E-state index contributed by atoms with van der Waals surface area (Å²) in [5, 5.41) is 10.9. The topological polar surface area (TPSA) is 43.6 Å². The molecule has 2 aromatic carbocycles. The van der Waals surface area contributed by atoms with E-state index in [1.807, 2.05) is 29.3 Å². The van der Waals surface area contributed by atoms with E-state index in [0.29, 0.717) is 0 Å². The fraction of sp³-hybridized carbons (Fsp3) is 0.150. The van der Waals surface area contributed by atoms with Gasteiger partial charge in [0.1, 0.15) is 5.69 Å². The van der Waals surface area contributed by atoms with Crippen molar-refractivity contribution in [1.82, 2.24) is 20.0 Å². The molecule has 0 N–H and O–H groups in total. The maximum absolute atomic E-state index is 4.32. The van der Waals surface area contributed by atoms with E-state index in [1.165, 1.54) is 11.1 Å². The summed E-state index contributed by atoms with van der Waals surface area (Å²) >= 11 is 0. The van der Waals surface area contributed by atoms with Crippen LogP contribution in [0.4, 0.5) is 0 Å². The van der Waals surface area contributed by atoms with Crippen molar-refractivity contribution in [3.8, 4) is 11.3 Å². The van der Waals surface area contributed by atoms with Gasteiger partial charge in [0, 0.05) is 29.9 Å². The number of nitrogens with zero attached hydrogens (tertiary/aromatic N) is 4. The van der Waals surface area contributed by atoms with Crippen LogP contribution < -0.4 is 0 Å². The summed E-state index contributed by atoms with van der Waals surface area (Å²) in [4.78, 5) is 4.15. The average molecular weight is 314 g/mol. The van der Waals surface area contributed by atoms with Crippen molar-refractivity contribution in [3.05, 3.63) is 78.2 Å². The lowest BCUT2D eigenvalue weighted by Gasteiger charge is -2.02. The van der Waals surface area contributed by atoms with Crippen molar-refractivity contribution in [1.29, 1.82) is 0 Å². The Balaban J connectivity index is 1.53. The Bertz CT molecular complexity index is 988. The Hall–Kier alpha value is -3.01. The number of aryl methyl sites for hydroxylation is 3. The maximum atomic E-state index is 4.32. The lowest BCUT2D eigenvalue weighted by atomic mass is 10.1. The highest BCUT2D eigenvalue weighted by molar-refractivity contribution is 5.85. The van der Waals surface area contributed by atoms with Gasteiger partial charge in [0.15, 0.2) is 0 Å². The van der Waals surface area contributed by atoms with Crippen molar-refractivity contribution in [2.45, 2.75) is 19.9 Å². The van der Waals surface area contributed by atoms with Crippen LogP contribution in [-0.4, -0.2) is 20.0 Å². The van der Waals surface area contributed by atoms with Crippen LogP contribution in [0.1, 0.15) is 11.1 Å². The quantitative estimate of drug-likeness (QED) is 0.571. The first kappa shape index (κ1) is 14.6. The Kier molecular flexibility index (Phi) is 3.79. The minimum Gasteiger partial charge on any atom is -0.264 e. The van der Waals surface area contributed by atoms with Gasteiger partial charge in [-0.3, -0.25) is 9.67 Å². The van der Waals surface area contributed by atoms with Crippen LogP contribution in [0.2, 0.25) is 0 Å². The van der Waals surface area contributed by atoms with Crippen molar-refractivity contribution < 1.29 is 0 Å². The van der Waals surface area contributed by atoms with Gasteiger partial charge in [-0.05, 0) is 36.4 Å². The first-order chi connectivity index (χ1) is 11.8. The molecule has 0 atom stereocenters. The highest BCUT2D eigenvalue weighted by Gasteiger charge is 2.05. The zero-order valence-electron chi connectivity index (χ0n) is 13.6. The third-order valence-corrected chi connectivity index (χ3v) is 4.19. The maximum Gasteiger partial charge on any atom is 0.113 e. The van der Waals surface area contributed by atoms with Crippen LogP contribution >= 0.6 is 0 Å². The molecule has 0 aliphatic heterocycles. The Morgan fingerprint density at radius 1 is 1.00 bits per heavy atom. The molecule has 2 aromatic heterocycles. The highest BCUT2D eigenvalue weighted by atomic mass is 15.4. The number of pyridine rings is 1. The SMILES string of the molecule is Cc1cccc(CCn2cc(-c3ccc4cnccc4c3)nn2)c1. The normalized spacial score (nSPS) is 11.0. The number of rotatable bonds is 4. The minimum absolute atomic E-state index is 0.827. The molecule has 24 heavy (non-hydrogen) atoms. The van der Waals surface area contributed by atoms with Crippen molar-refractivity contribution in [2.75, 3.05) is 0 Å². The summed E-state index contributed by atoms with van der Waals surface area (Å²) in [5.41, 5.74) is 4.59. The molecule has 0 aliphatic carbocycles. The molecule has 0 saturated carbocycles. The molecule has 4 aromatic rings. The van der Waals surface area contributed by atoms with Crippen LogP contribution in [0.5, 0.6) is 0 Å². The molecule has 0 fully saturated rings. The molecular formula is C20H18N4. The standard InChI is InChI=1S/C20H18N4/c1-15-3-2-4-16(11-15)8-10-24-14-20(22-23-24)18-5-6-19-13-21-9-7-17(19)12-18/h2-7,9,11-14H,8,10H2,1H3. The van der Waals surface area contributed by atoms with Gasteiger partial charge in [-0.15, -0.1) is 5.10 Å². The molecule has 0 amide bonds. The number of benzene rings is 2. The Morgan fingerprint density at radius 3 is 2.88 bits per heavy atom. The van der Waals surface area contributed by atoms with E-state index < -0.39 is 0 Å². The second-order valence-electron chi connectivity index (χ2n) is 6.04. The fourth-order valence-electron chi connectivity index (χ4n) is 2.89. The number of hydrogen-bond acceptors (Lipinski definition) is 3. The lowest BCUT2D eigenvalue weighted by molar-refractivity contribution is 0.589. The molecule has 0 unspecified atom stereocenters. The van der Waals surface area contributed by atoms with Crippen molar-refractivity contribution >= 4 is 10.8 Å². The van der Waals surface area contributed by atoms with Crippen molar-refractivity contribution in [2.24, 2.45) is 0 Å². The van der Waals surface area contributed by atoms with Gasteiger partial charge < -0.3 is 0 Å². The molecule has 0 bridgehead atoms. The summed E-state index contributed by atoms with van der Waals surface area (Å²) < 4.78 is 1.91. The van der Waals surface area contributed by atoms with Crippen LogP contribution in [0.3, 0.4) is 0 Å². The molecule has 4 rings (SSSR count). The average Bonchev–Trinajstić information content (AvgIpc) is 3.09. The summed E-state index contributed by atoms with van der Waals surface area (Å²) in [6.07, 6.45) is 6.65. The number of fused-ring (bicyclic) bond motifs is 1. The van der Waals surface area contributed by atoms with Gasteiger partial charge in [0.05, 0.1) is 6.20 Å². The van der Waals surface area contributed by atoms with Gasteiger partial charge in [0.2, 0.25) is 0 Å². The summed E-state index contributed by atoms with van der Waals surface area (Å²) in [6, 6.07) is 16.9.